The van der Waals surface area contributed by atoms with Crippen LogP contribution >= 0.6 is 23.2 Å². The Morgan fingerprint density at radius 3 is 2.50 bits per heavy atom. The quantitative estimate of drug-likeness (QED) is 0.330. The van der Waals surface area contributed by atoms with Crippen molar-refractivity contribution in [2.24, 2.45) is 0 Å². The molecule has 0 saturated heterocycles. The number of fused-ring (bicyclic) bond motifs is 3. The first kappa shape index (κ1) is 29.9. The Labute approximate surface area is 242 Å². The summed E-state index contributed by atoms with van der Waals surface area (Å²) >= 11 is 12.3. The highest BCUT2D eigenvalue weighted by Gasteiger charge is 2.51. The lowest BCUT2D eigenvalue weighted by molar-refractivity contribution is -0.133. The van der Waals surface area contributed by atoms with E-state index in [1.165, 1.54) is 18.1 Å². The molecular weight excluding hydrogens is 559 g/mol. The van der Waals surface area contributed by atoms with E-state index in [-0.39, 0.29) is 37.8 Å². The zero-order valence-electron chi connectivity index (χ0n) is 22.4. The van der Waals surface area contributed by atoms with E-state index >= 15 is 0 Å². The second-order valence-corrected chi connectivity index (χ2v) is 10.8. The van der Waals surface area contributed by atoms with Crippen molar-refractivity contribution >= 4 is 35.0 Å². The van der Waals surface area contributed by atoms with Crippen LogP contribution in [-0.4, -0.2) is 70.5 Å². The topological polar surface area (TPSA) is 129 Å². The van der Waals surface area contributed by atoms with Gasteiger partial charge in [0.2, 0.25) is 11.8 Å². The fourth-order valence-electron chi connectivity index (χ4n) is 5.11. The summed E-state index contributed by atoms with van der Waals surface area (Å²) in [6.07, 6.45) is 0.838. The van der Waals surface area contributed by atoms with E-state index in [4.69, 9.17) is 32.7 Å². The van der Waals surface area contributed by atoms with Gasteiger partial charge < -0.3 is 35.0 Å². The third-order valence-electron chi connectivity index (χ3n) is 6.89. The molecule has 4 N–H and O–H groups in total. The molecule has 4 unspecified atom stereocenters. The van der Waals surface area contributed by atoms with Gasteiger partial charge in [-0.3, -0.25) is 9.59 Å². The van der Waals surface area contributed by atoms with E-state index in [1.54, 1.807) is 50.3 Å². The summed E-state index contributed by atoms with van der Waals surface area (Å²) < 4.78 is 11.7. The van der Waals surface area contributed by atoms with Gasteiger partial charge in [0.05, 0.1) is 42.3 Å². The van der Waals surface area contributed by atoms with Gasteiger partial charge >= 0.3 is 0 Å². The van der Waals surface area contributed by atoms with Crippen molar-refractivity contribution < 1.29 is 34.4 Å². The molecule has 214 valence electrons. The summed E-state index contributed by atoms with van der Waals surface area (Å²) in [7, 11) is 1.46. The van der Waals surface area contributed by atoms with Gasteiger partial charge in [0.15, 0.2) is 11.5 Å². The summed E-state index contributed by atoms with van der Waals surface area (Å²) in [6, 6.07) is 7.38. The number of ether oxygens (including phenoxy) is 2. The molecule has 11 heteroatoms. The summed E-state index contributed by atoms with van der Waals surface area (Å²) in [6.45, 7) is 3.11. The molecule has 2 aromatic rings. The first-order valence-electron chi connectivity index (χ1n) is 12.8. The number of aliphatic hydroxyl groups is 3. The number of hydrogen-bond donors (Lipinski definition) is 4. The number of benzene rings is 2. The van der Waals surface area contributed by atoms with Crippen LogP contribution in [0.15, 0.2) is 53.6 Å². The van der Waals surface area contributed by atoms with Crippen LogP contribution in [0.25, 0.3) is 0 Å². The molecule has 0 radical (unpaired) electrons. The third-order valence-corrected chi connectivity index (χ3v) is 7.63. The van der Waals surface area contributed by atoms with E-state index < -0.39 is 30.1 Å². The lowest BCUT2D eigenvalue weighted by Crippen LogP contribution is -2.55. The van der Waals surface area contributed by atoms with Crippen LogP contribution in [0.5, 0.6) is 11.5 Å². The van der Waals surface area contributed by atoms with Gasteiger partial charge in [0, 0.05) is 30.3 Å². The van der Waals surface area contributed by atoms with Crippen molar-refractivity contribution in [3.8, 4) is 11.5 Å². The lowest BCUT2D eigenvalue weighted by Gasteiger charge is -2.40. The van der Waals surface area contributed by atoms with Crippen molar-refractivity contribution in [3.63, 3.8) is 0 Å². The van der Waals surface area contributed by atoms with Crippen molar-refractivity contribution in [1.82, 2.24) is 10.2 Å². The number of carbonyl (C=O) groups is 2. The summed E-state index contributed by atoms with van der Waals surface area (Å²) in [5, 5.41) is 34.2. The van der Waals surface area contributed by atoms with Gasteiger partial charge in [-0.05, 0) is 55.3 Å². The smallest absolute Gasteiger partial charge is 0.247 e. The van der Waals surface area contributed by atoms with E-state index in [9.17, 15) is 24.9 Å². The maximum absolute atomic E-state index is 13.5. The summed E-state index contributed by atoms with van der Waals surface area (Å²) in [4.78, 5) is 28.4. The van der Waals surface area contributed by atoms with E-state index in [0.717, 1.165) is 5.57 Å². The molecule has 0 fully saturated rings. The van der Waals surface area contributed by atoms with Crippen molar-refractivity contribution in [3.05, 3.63) is 80.4 Å². The van der Waals surface area contributed by atoms with Crippen LogP contribution in [0.4, 0.5) is 0 Å². The number of nitrogens with one attached hydrogen (secondary N) is 1. The van der Waals surface area contributed by atoms with Gasteiger partial charge in [-0.25, -0.2) is 0 Å². The minimum atomic E-state index is -1.24. The SMILES string of the molecule is COc1cc(CO)cc2c1OC1C2C(C(=O)NCCO)=CC(N(Cc2ccc(Cl)c(Cl)c2)C(=O)C=C(C)C)C1O. The van der Waals surface area contributed by atoms with Crippen molar-refractivity contribution in [1.29, 1.82) is 0 Å². The van der Waals surface area contributed by atoms with Crippen LogP contribution in [0.1, 0.15) is 36.5 Å². The zero-order valence-corrected chi connectivity index (χ0v) is 23.9. The number of carbonyl (C=O) groups excluding carboxylic acids is 2. The van der Waals surface area contributed by atoms with Gasteiger partial charge in [-0.15, -0.1) is 0 Å². The Bertz CT molecular complexity index is 1360. The Morgan fingerprint density at radius 2 is 1.88 bits per heavy atom. The van der Waals surface area contributed by atoms with Crippen LogP contribution in [-0.2, 0) is 22.7 Å². The van der Waals surface area contributed by atoms with E-state index in [0.29, 0.717) is 38.2 Å². The fraction of sp³-hybridized carbons (Fsp3) is 0.379. The Balaban J connectivity index is 1.84. The summed E-state index contributed by atoms with van der Waals surface area (Å²) in [5.74, 6) is -0.874. The van der Waals surface area contributed by atoms with Crippen LogP contribution in [0.3, 0.4) is 0 Å². The first-order chi connectivity index (χ1) is 19.1. The molecule has 9 nitrogen and oxygen atoms in total. The number of rotatable bonds is 9. The number of hydrogen-bond acceptors (Lipinski definition) is 7. The number of methoxy groups -OCH3 is 1. The molecule has 1 heterocycles. The fourth-order valence-corrected chi connectivity index (χ4v) is 5.43. The van der Waals surface area contributed by atoms with Crippen molar-refractivity contribution in [2.75, 3.05) is 20.3 Å². The second kappa shape index (κ2) is 12.6. The molecule has 2 aromatic carbocycles. The van der Waals surface area contributed by atoms with Crippen LogP contribution in [0.2, 0.25) is 10.0 Å². The van der Waals surface area contributed by atoms with Crippen LogP contribution < -0.4 is 14.8 Å². The lowest BCUT2D eigenvalue weighted by atomic mass is 9.77. The molecule has 0 aromatic heterocycles. The van der Waals surface area contributed by atoms with Gasteiger partial charge in [-0.1, -0.05) is 34.8 Å². The average Bonchev–Trinajstić information content (AvgIpc) is 3.32. The normalized spacial score (nSPS) is 20.9. The average molecular weight is 591 g/mol. The highest BCUT2D eigenvalue weighted by molar-refractivity contribution is 6.42. The second-order valence-electron chi connectivity index (χ2n) is 9.95. The van der Waals surface area contributed by atoms with Gasteiger partial charge in [0.25, 0.3) is 0 Å². The molecular formula is C29H32Cl2N2O7. The third kappa shape index (κ3) is 5.99. The Kier molecular flexibility index (Phi) is 9.43. The van der Waals surface area contributed by atoms with E-state index in [2.05, 4.69) is 5.32 Å². The van der Waals surface area contributed by atoms with E-state index in [1.807, 2.05) is 0 Å². The maximum Gasteiger partial charge on any atom is 0.247 e. The maximum atomic E-state index is 13.5. The molecule has 4 atom stereocenters. The number of allylic oxidation sites excluding steroid dienone is 1. The number of nitrogens with zero attached hydrogens (tertiary/aromatic N) is 1. The predicted molar refractivity (Wildman–Crippen MR) is 150 cm³/mol. The minimum Gasteiger partial charge on any atom is -0.493 e. The molecule has 40 heavy (non-hydrogen) atoms. The zero-order chi connectivity index (χ0) is 29.1. The Hall–Kier alpha value is -3.08. The number of amides is 2. The highest BCUT2D eigenvalue weighted by Crippen LogP contribution is 2.51. The van der Waals surface area contributed by atoms with Gasteiger partial charge in [-0.2, -0.15) is 0 Å². The minimum absolute atomic E-state index is 0.0121. The molecule has 1 aliphatic carbocycles. The standard InChI is InChI=1S/C29H32Cl2N2O7/c1-15(2)8-24(36)33(13-16-4-5-20(30)21(31)10-16)22-12-19(29(38)32-6-7-34)25-18-9-17(14-35)11-23(39-3)27(18)40-28(25)26(22)37/h4-5,8-12,22,25-26,28,34-35,37H,6-7,13-14H2,1-3H3,(H,32,38). The van der Waals surface area contributed by atoms with Gasteiger partial charge in [0.1, 0.15) is 12.2 Å². The highest BCUT2D eigenvalue weighted by atomic mass is 35.5. The predicted octanol–water partition coefficient (Wildman–Crippen LogP) is 3.11. The molecule has 2 aliphatic rings. The molecule has 0 spiro atoms. The molecule has 2 amide bonds. The molecule has 1 aliphatic heterocycles. The molecule has 4 rings (SSSR count). The van der Waals surface area contributed by atoms with Crippen LogP contribution in [0, 0.1) is 0 Å². The van der Waals surface area contributed by atoms with Crippen molar-refractivity contribution in [2.45, 2.75) is 51.2 Å². The molecule has 0 saturated carbocycles. The number of aliphatic hydroxyl groups excluding tert-OH is 3. The monoisotopic (exact) mass is 590 g/mol. The molecule has 0 bridgehead atoms. The summed E-state index contributed by atoms with van der Waals surface area (Å²) in [5.41, 5.74) is 2.80. The number of halogens is 2. The Morgan fingerprint density at radius 1 is 1.12 bits per heavy atom. The first-order valence-corrected chi connectivity index (χ1v) is 13.5. The largest absolute Gasteiger partial charge is 0.493 e.